The second-order valence-electron chi connectivity index (χ2n) is 8.60. The molecule has 7 nitrogen and oxygen atoms in total. The highest BCUT2D eigenvalue weighted by Gasteiger charge is 2.18. The minimum atomic E-state index is -0.100. The lowest BCUT2D eigenvalue weighted by Gasteiger charge is -2.14. The van der Waals surface area contributed by atoms with Gasteiger partial charge in [0.1, 0.15) is 0 Å². The first-order chi connectivity index (χ1) is 17.5. The van der Waals surface area contributed by atoms with E-state index < -0.39 is 0 Å². The maximum absolute atomic E-state index is 12.6. The van der Waals surface area contributed by atoms with Crippen LogP contribution in [0.25, 0.3) is 33.5 Å². The molecular weight excluding hydrogens is 468 g/mol. The smallest absolute Gasteiger partial charge is 0.230 e. The fourth-order valence-electron chi connectivity index (χ4n) is 4.03. The Morgan fingerprint density at radius 2 is 1.72 bits per heavy atom. The van der Waals surface area contributed by atoms with Gasteiger partial charge in [-0.2, -0.15) is 0 Å². The Bertz CT molecular complexity index is 1510. The first-order valence-electron chi connectivity index (χ1n) is 11.6. The molecule has 3 N–H and O–H groups in total. The van der Waals surface area contributed by atoms with Gasteiger partial charge in [-0.05, 0) is 31.5 Å². The van der Waals surface area contributed by atoms with E-state index in [2.05, 4.69) is 46.7 Å². The summed E-state index contributed by atoms with van der Waals surface area (Å²) in [7, 11) is 0. The van der Waals surface area contributed by atoms with Crippen molar-refractivity contribution in [3.63, 3.8) is 0 Å². The number of fused-ring (bicyclic) bond motifs is 1. The molecule has 8 heteroatoms. The number of pyridine rings is 1. The highest BCUT2D eigenvalue weighted by Crippen LogP contribution is 2.32. The Morgan fingerprint density at radius 1 is 1.00 bits per heavy atom. The molecule has 5 rings (SSSR count). The van der Waals surface area contributed by atoms with E-state index in [0.717, 1.165) is 33.3 Å². The fraction of sp³-hybridized carbons (Fsp3) is 0.143. The lowest BCUT2D eigenvalue weighted by atomic mass is 10.0. The van der Waals surface area contributed by atoms with E-state index in [1.165, 1.54) is 22.0 Å². The number of benzene rings is 3. The van der Waals surface area contributed by atoms with Gasteiger partial charge in [-0.3, -0.25) is 4.79 Å². The van der Waals surface area contributed by atoms with Crippen molar-refractivity contribution in [2.75, 3.05) is 11.6 Å². The molecule has 0 aliphatic carbocycles. The van der Waals surface area contributed by atoms with Gasteiger partial charge in [-0.25, -0.2) is 9.66 Å². The van der Waals surface area contributed by atoms with Gasteiger partial charge in [0.05, 0.1) is 23.0 Å². The van der Waals surface area contributed by atoms with Crippen molar-refractivity contribution in [3.8, 4) is 22.6 Å². The number of thioether (sulfide) groups is 1. The van der Waals surface area contributed by atoms with E-state index in [4.69, 9.17) is 10.8 Å². The molecule has 0 bridgehead atoms. The summed E-state index contributed by atoms with van der Waals surface area (Å²) >= 11 is 1.25. The highest BCUT2D eigenvalue weighted by molar-refractivity contribution is 7.99. The summed E-state index contributed by atoms with van der Waals surface area (Å²) in [5.74, 6) is 7.03. The molecular formula is C28H26N6OS. The van der Waals surface area contributed by atoms with Crippen molar-refractivity contribution in [2.24, 2.45) is 0 Å². The highest BCUT2D eigenvalue weighted by atomic mass is 32.2. The zero-order chi connectivity index (χ0) is 25.1. The zero-order valence-corrected chi connectivity index (χ0v) is 20.9. The van der Waals surface area contributed by atoms with Gasteiger partial charge in [0.2, 0.25) is 11.1 Å². The number of hydrogen-bond acceptors (Lipinski definition) is 6. The van der Waals surface area contributed by atoms with Crippen molar-refractivity contribution in [1.29, 1.82) is 0 Å². The molecule has 2 aromatic heterocycles. The van der Waals surface area contributed by atoms with Crippen LogP contribution in [-0.4, -0.2) is 31.5 Å². The maximum atomic E-state index is 12.6. The van der Waals surface area contributed by atoms with Crippen LogP contribution in [0.4, 0.5) is 0 Å². The Kier molecular flexibility index (Phi) is 6.69. The molecule has 0 aliphatic rings. The van der Waals surface area contributed by atoms with Crippen molar-refractivity contribution < 1.29 is 4.79 Å². The summed E-state index contributed by atoms with van der Waals surface area (Å²) in [6, 6.07) is 27.9. The quantitative estimate of drug-likeness (QED) is 0.240. The average Bonchev–Trinajstić information content (AvgIpc) is 3.27. The number of rotatable bonds is 7. The number of hydrogen-bond donors (Lipinski definition) is 2. The molecule has 0 saturated carbocycles. The third kappa shape index (κ3) is 4.94. The maximum Gasteiger partial charge on any atom is 0.230 e. The van der Waals surface area contributed by atoms with Crippen LogP contribution in [0.5, 0.6) is 0 Å². The number of aromatic nitrogens is 4. The Balaban J connectivity index is 1.39. The van der Waals surface area contributed by atoms with Crippen LogP contribution in [0.3, 0.4) is 0 Å². The number of nitrogens with zero attached hydrogens (tertiary/aromatic N) is 4. The fourth-order valence-corrected chi connectivity index (χ4v) is 4.70. The largest absolute Gasteiger partial charge is 0.349 e. The molecule has 0 unspecified atom stereocenters. The second kappa shape index (κ2) is 10.2. The molecule has 0 saturated heterocycles. The average molecular weight is 495 g/mol. The van der Waals surface area contributed by atoms with Crippen molar-refractivity contribution in [3.05, 3.63) is 96.1 Å². The summed E-state index contributed by atoms with van der Waals surface area (Å²) in [4.78, 5) is 17.4. The number of nitrogen functional groups attached to an aromatic ring is 1. The molecule has 180 valence electrons. The number of carbonyl (C=O) groups excluding carboxylic acids is 1. The van der Waals surface area contributed by atoms with Crippen LogP contribution in [-0.2, 0) is 4.79 Å². The van der Waals surface area contributed by atoms with E-state index in [-0.39, 0.29) is 17.7 Å². The van der Waals surface area contributed by atoms with Gasteiger partial charge in [0.25, 0.3) is 0 Å². The predicted molar refractivity (Wildman–Crippen MR) is 145 cm³/mol. The summed E-state index contributed by atoms with van der Waals surface area (Å²) in [5, 5.41) is 13.1. The van der Waals surface area contributed by atoms with Crippen LogP contribution in [0.15, 0.2) is 90.1 Å². The number of para-hydroxylation sites is 1. The normalized spacial score (nSPS) is 11.9. The molecule has 2 heterocycles. The Morgan fingerprint density at radius 3 is 2.50 bits per heavy atom. The molecule has 5 aromatic rings. The van der Waals surface area contributed by atoms with E-state index in [9.17, 15) is 4.79 Å². The molecule has 0 radical (unpaired) electrons. The van der Waals surface area contributed by atoms with Gasteiger partial charge >= 0.3 is 0 Å². The lowest BCUT2D eigenvalue weighted by Crippen LogP contribution is -2.28. The van der Waals surface area contributed by atoms with E-state index in [1.54, 1.807) is 0 Å². The number of amides is 1. The van der Waals surface area contributed by atoms with Gasteiger partial charge < -0.3 is 11.2 Å². The van der Waals surface area contributed by atoms with E-state index in [1.807, 2.05) is 67.6 Å². The van der Waals surface area contributed by atoms with Crippen molar-refractivity contribution in [1.82, 2.24) is 25.2 Å². The van der Waals surface area contributed by atoms with Gasteiger partial charge in [0, 0.05) is 16.5 Å². The Hall–Kier alpha value is -4.17. The summed E-state index contributed by atoms with van der Waals surface area (Å²) in [6.45, 7) is 4.02. The van der Waals surface area contributed by atoms with Gasteiger partial charge in [-0.1, -0.05) is 90.1 Å². The zero-order valence-electron chi connectivity index (χ0n) is 20.1. The molecule has 3 aromatic carbocycles. The minimum absolute atomic E-state index is 0.0889. The van der Waals surface area contributed by atoms with Gasteiger partial charge in [-0.15, -0.1) is 10.2 Å². The monoisotopic (exact) mass is 494 g/mol. The lowest BCUT2D eigenvalue weighted by molar-refractivity contribution is -0.119. The third-order valence-electron chi connectivity index (χ3n) is 5.98. The van der Waals surface area contributed by atoms with Gasteiger partial charge in [0.15, 0.2) is 5.82 Å². The molecule has 0 fully saturated rings. The summed E-state index contributed by atoms with van der Waals surface area (Å²) in [6.07, 6.45) is 0. The summed E-state index contributed by atoms with van der Waals surface area (Å²) < 4.78 is 1.44. The van der Waals surface area contributed by atoms with Crippen LogP contribution in [0.1, 0.15) is 24.1 Å². The van der Waals surface area contributed by atoms with Crippen LogP contribution >= 0.6 is 11.8 Å². The molecule has 36 heavy (non-hydrogen) atoms. The molecule has 0 aliphatic heterocycles. The number of nitrogens with two attached hydrogens (primary N) is 1. The summed E-state index contributed by atoms with van der Waals surface area (Å²) in [5.41, 5.74) is 5.75. The van der Waals surface area contributed by atoms with E-state index in [0.29, 0.717) is 11.0 Å². The van der Waals surface area contributed by atoms with Crippen LogP contribution in [0, 0.1) is 6.92 Å². The first-order valence-corrected chi connectivity index (χ1v) is 12.6. The second-order valence-corrected chi connectivity index (χ2v) is 9.55. The van der Waals surface area contributed by atoms with Crippen molar-refractivity contribution in [2.45, 2.75) is 25.0 Å². The first kappa shape index (κ1) is 23.6. The van der Waals surface area contributed by atoms with E-state index >= 15 is 0 Å². The predicted octanol–water partition coefficient (Wildman–Crippen LogP) is 5.15. The molecule has 0 spiro atoms. The molecule has 1 atom stereocenters. The number of nitrogens with one attached hydrogen (secondary N) is 1. The minimum Gasteiger partial charge on any atom is -0.349 e. The van der Waals surface area contributed by atoms with Crippen LogP contribution in [0.2, 0.25) is 0 Å². The third-order valence-corrected chi connectivity index (χ3v) is 6.92. The Labute approximate surface area is 213 Å². The standard InChI is InChI=1S/C28H26N6OS/c1-18-12-14-21(15-13-18)25-16-23(22-10-6-7-11-24(22)31-25)27-32-33-28(34(27)29)36-17-26(35)30-19(2)20-8-4-3-5-9-20/h3-16,19H,17,29H2,1-2H3,(H,30,35)/t19-/m0/s1. The topological polar surface area (TPSA) is 98.7 Å². The SMILES string of the molecule is Cc1ccc(-c2cc(-c3nnc(SCC(=O)N[C@@H](C)c4ccccc4)n3N)c3ccccc3n2)cc1. The number of aryl methyl sites for hydroxylation is 1. The molecule has 1 amide bonds. The number of carbonyl (C=O) groups is 1. The van der Waals surface area contributed by atoms with Crippen molar-refractivity contribution >= 4 is 28.6 Å². The van der Waals surface area contributed by atoms with Crippen LogP contribution < -0.4 is 11.2 Å².